The van der Waals surface area contributed by atoms with Crippen molar-refractivity contribution in [2.75, 3.05) is 0 Å². The molecule has 0 aliphatic rings. The summed E-state index contributed by atoms with van der Waals surface area (Å²) in [5, 5.41) is 0. The van der Waals surface area contributed by atoms with E-state index in [4.69, 9.17) is 0 Å². The zero-order valence-electron chi connectivity index (χ0n) is 1.36. The Morgan fingerprint density at radius 1 is 1.00 bits per heavy atom. The van der Waals surface area contributed by atoms with E-state index < -0.39 is 0 Å². The van der Waals surface area contributed by atoms with Crippen LogP contribution < -0.4 is 6.15 Å². The average Bonchev–Trinajstić information content (AvgIpc) is 0. The van der Waals surface area contributed by atoms with Crippen LogP contribution >= 0.6 is 0 Å². The number of hydrogen-bond donors (Lipinski definition) is 1. The Balaban J connectivity index is 0. The molecule has 0 aromatic heterocycles. The predicted octanol–water partition coefficient (Wildman–Crippen LogP) is -0.492. The van der Waals surface area contributed by atoms with E-state index in [1.165, 1.54) is 0 Å². The van der Waals surface area contributed by atoms with Gasteiger partial charge in [-0.3, -0.25) is 0 Å². The summed E-state index contributed by atoms with van der Waals surface area (Å²) < 4.78 is 0. The largest absolute Gasteiger partial charge is 0 e. The van der Waals surface area contributed by atoms with E-state index in [-0.39, 0.29) is 58.3 Å². The monoisotopic (exact) mass is 142 g/mol. The molecular formula is H4CoLiNNi. The molecule has 29 valence electrons. The SMILES string of the molecule is N.[Co].[LiH].[Ni]. The van der Waals surface area contributed by atoms with Crippen LogP contribution in [0.5, 0.6) is 0 Å². The third-order valence-corrected chi connectivity index (χ3v) is 0. The maximum atomic E-state index is 0. The fourth-order valence-corrected chi connectivity index (χ4v) is 0. The van der Waals surface area contributed by atoms with Crippen molar-refractivity contribution in [3.05, 3.63) is 0 Å². The molecule has 0 fully saturated rings. The summed E-state index contributed by atoms with van der Waals surface area (Å²) in [6.07, 6.45) is 0. The minimum absolute atomic E-state index is 0. The molecule has 0 aliphatic carbocycles. The second kappa shape index (κ2) is 23.8. The molecule has 4 heteroatoms. The molecule has 0 rings (SSSR count). The second-order valence-electron chi connectivity index (χ2n) is 0. The van der Waals surface area contributed by atoms with Gasteiger partial charge in [-0.05, 0) is 0 Å². The fraction of sp³-hybridized carbons (Fsp3) is 0. The van der Waals surface area contributed by atoms with Crippen LogP contribution in [0.3, 0.4) is 0 Å². The van der Waals surface area contributed by atoms with Gasteiger partial charge in [0.25, 0.3) is 0 Å². The van der Waals surface area contributed by atoms with Gasteiger partial charge in [-0.25, -0.2) is 0 Å². The van der Waals surface area contributed by atoms with Crippen molar-refractivity contribution in [3.63, 3.8) is 0 Å². The molecular weight excluding hydrogens is 139 g/mol. The third-order valence-electron chi connectivity index (χ3n) is 0. The summed E-state index contributed by atoms with van der Waals surface area (Å²) >= 11 is 0. The van der Waals surface area contributed by atoms with Gasteiger partial charge in [-0.15, -0.1) is 0 Å². The van der Waals surface area contributed by atoms with Crippen molar-refractivity contribution in [1.82, 2.24) is 6.15 Å². The zero-order chi connectivity index (χ0) is 0. The van der Waals surface area contributed by atoms with Gasteiger partial charge in [0.15, 0.2) is 0 Å². The summed E-state index contributed by atoms with van der Waals surface area (Å²) in [4.78, 5) is 0. The first-order valence-electron chi connectivity index (χ1n) is 0. The molecule has 0 aliphatic heterocycles. The standard InChI is InChI=1S/Co.Li.H3N.Ni.H/h;;1H3;;. The molecule has 1 nitrogen and oxygen atoms in total. The van der Waals surface area contributed by atoms with Crippen molar-refractivity contribution < 1.29 is 33.3 Å². The smallest absolute Gasteiger partial charge is 0 e. The average molecular weight is 143 g/mol. The van der Waals surface area contributed by atoms with E-state index in [0.29, 0.717) is 0 Å². The van der Waals surface area contributed by atoms with Gasteiger partial charge in [0.2, 0.25) is 0 Å². The zero-order valence-corrected chi connectivity index (χ0v) is 3.39. The quantitative estimate of drug-likeness (QED) is 0.455. The Labute approximate surface area is 58.2 Å². The second-order valence-corrected chi connectivity index (χ2v) is 0. The fourth-order valence-electron chi connectivity index (χ4n) is 0. The number of hydrogen-bond acceptors (Lipinski definition) is 1. The van der Waals surface area contributed by atoms with E-state index in [1.807, 2.05) is 0 Å². The first-order chi connectivity index (χ1) is 0. The van der Waals surface area contributed by atoms with E-state index in [9.17, 15) is 0 Å². The van der Waals surface area contributed by atoms with Crippen LogP contribution in [0.4, 0.5) is 0 Å². The maximum Gasteiger partial charge on any atom is 0 e. The van der Waals surface area contributed by atoms with E-state index in [2.05, 4.69) is 0 Å². The van der Waals surface area contributed by atoms with Crippen molar-refractivity contribution in [3.8, 4) is 0 Å². The van der Waals surface area contributed by atoms with Crippen LogP contribution in [-0.4, -0.2) is 18.9 Å². The Bertz CT molecular complexity index is 8.00. The Morgan fingerprint density at radius 2 is 1.00 bits per heavy atom. The molecule has 0 saturated heterocycles. The summed E-state index contributed by atoms with van der Waals surface area (Å²) in [6, 6.07) is 0. The Hall–Kier alpha value is 1.56. The molecule has 0 spiro atoms. The third kappa shape index (κ3) is 9.59. The van der Waals surface area contributed by atoms with Gasteiger partial charge in [0.05, 0.1) is 0 Å². The van der Waals surface area contributed by atoms with E-state index >= 15 is 0 Å². The molecule has 0 aromatic rings. The Kier molecular flexibility index (Phi) is 283. The molecule has 0 saturated carbocycles. The van der Waals surface area contributed by atoms with Crippen molar-refractivity contribution in [2.24, 2.45) is 0 Å². The van der Waals surface area contributed by atoms with Crippen LogP contribution in [0, 0.1) is 0 Å². The molecule has 0 unspecified atom stereocenters. The Morgan fingerprint density at radius 3 is 1.00 bits per heavy atom. The topological polar surface area (TPSA) is 35.0 Å². The predicted molar refractivity (Wildman–Crippen MR) is 12.2 cm³/mol. The van der Waals surface area contributed by atoms with E-state index in [1.54, 1.807) is 0 Å². The molecule has 1 radical (unpaired) electrons. The van der Waals surface area contributed by atoms with Gasteiger partial charge in [-0.2, -0.15) is 0 Å². The molecule has 0 heterocycles. The molecule has 3 N–H and O–H groups in total. The summed E-state index contributed by atoms with van der Waals surface area (Å²) in [7, 11) is 0. The molecule has 0 aromatic carbocycles. The van der Waals surface area contributed by atoms with Crippen LogP contribution in [0.15, 0.2) is 0 Å². The first-order valence-corrected chi connectivity index (χ1v) is 0. The molecule has 4 heavy (non-hydrogen) atoms. The van der Waals surface area contributed by atoms with Crippen molar-refractivity contribution >= 4 is 18.9 Å². The summed E-state index contributed by atoms with van der Waals surface area (Å²) in [5.74, 6) is 0. The number of rotatable bonds is 0. The van der Waals surface area contributed by atoms with Crippen molar-refractivity contribution in [2.45, 2.75) is 0 Å². The van der Waals surface area contributed by atoms with Gasteiger partial charge >= 0.3 is 18.9 Å². The van der Waals surface area contributed by atoms with Gasteiger partial charge in [-0.1, -0.05) is 0 Å². The van der Waals surface area contributed by atoms with Crippen LogP contribution in [0.2, 0.25) is 0 Å². The van der Waals surface area contributed by atoms with E-state index in [0.717, 1.165) is 0 Å². The minimum atomic E-state index is 0. The van der Waals surface area contributed by atoms with Gasteiger partial charge < -0.3 is 6.15 Å². The molecule has 0 amide bonds. The molecule has 0 bridgehead atoms. The summed E-state index contributed by atoms with van der Waals surface area (Å²) in [5.41, 5.74) is 0. The molecule has 0 atom stereocenters. The van der Waals surface area contributed by atoms with Gasteiger partial charge in [0.1, 0.15) is 0 Å². The first kappa shape index (κ1) is 47.6. The summed E-state index contributed by atoms with van der Waals surface area (Å²) in [6.45, 7) is 0. The maximum absolute atomic E-state index is 0. The van der Waals surface area contributed by atoms with Crippen LogP contribution in [-0.2, 0) is 33.3 Å². The van der Waals surface area contributed by atoms with Crippen molar-refractivity contribution in [1.29, 1.82) is 0 Å². The van der Waals surface area contributed by atoms with Crippen LogP contribution in [0.25, 0.3) is 0 Å². The normalized spacial score (nSPS) is 0. The minimum Gasteiger partial charge on any atom is 0 e. The van der Waals surface area contributed by atoms with Gasteiger partial charge in [0, 0.05) is 33.3 Å². The van der Waals surface area contributed by atoms with Crippen LogP contribution in [0.1, 0.15) is 0 Å².